The predicted molar refractivity (Wildman–Crippen MR) is 101 cm³/mol. The summed E-state index contributed by atoms with van der Waals surface area (Å²) in [5, 5.41) is 14.4. The number of anilines is 1. The van der Waals surface area contributed by atoms with Crippen LogP contribution in [0.2, 0.25) is 0 Å². The van der Waals surface area contributed by atoms with E-state index >= 15 is 0 Å². The van der Waals surface area contributed by atoms with Gasteiger partial charge in [0.15, 0.2) is 0 Å². The quantitative estimate of drug-likeness (QED) is 0.617. The van der Waals surface area contributed by atoms with Gasteiger partial charge in [-0.2, -0.15) is 5.10 Å². The number of nitrogens with one attached hydrogen (secondary N) is 3. The van der Waals surface area contributed by atoms with Crippen LogP contribution in [0.25, 0.3) is 10.8 Å². The van der Waals surface area contributed by atoms with E-state index in [4.69, 9.17) is 0 Å². The van der Waals surface area contributed by atoms with Gasteiger partial charge in [-0.25, -0.2) is 4.79 Å². The summed E-state index contributed by atoms with van der Waals surface area (Å²) in [6, 6.07) is 15.0. The van der Waals surface area contributed by atoms with Gasteiger partial charge in [0.25, 0.3) is 5.91 Å². The molecule has 7 heteroatoms. The lowest BCUT2D eigenvalue weighted by molar-refractivity contribution is 0.0948. The molecule has 1 aromatic heterocycles. The van der Waals surface area contributed by atoms with Crippen molar-refractivity contribution >= 4 is 28.4 Å². The maximum Gasteiger partial charge on any atom is 0.319 e. The third kappa shape index (κ3) is 4.00. The van der Waals surface area contributed by atoms with E-state index in [0.717, 1.165) is 22.2 Å². The van der Waals surface area contributed by atoms with Crippen LogP contribution in [0, 0.1) is 6.92 Å². The van der Waals surface area contributed by atoms with E-state index in [1.807, 2.05) is 49.4 Å². The molecule has 3 N–H and O–H groups in total. The number of aromatic nitrogens is 2. The van der Waals surface area contributed by atoms with Gasteiger partial charge in [-0.1, -0.05) is 36.4 Å². The normalized spacial score (nSPS) is 10.5. The first-order valence-electron chi connectivity index (χ1n) is 8.36. The Balaban J connectivity index is 1.48. The van der Waals surface area contributed by atoms with Crippen molar-refractivity contribution in [3.63, 3.8) is 0 Å². The molecule has 134 valence electrons. The van der Waals surface area contributed by atoms with Gasteiger partial charge < -0.3 is 16.0 Å². The van der Waals surface area contributed by atoms with E-state index in [9.17, 15) is 9.59 Å². The van der Waals surface area contributed by atoms with Gasteiger partial charge in [-0.15, -0.1) is 0 Å². The largest absolute Gasteiger partial charge is 0.349 e. The van der Waals surface area contributed by atoms with E-state index in [0.29, 0.717) is 18.8 Å². The summed E-state index contributed by atoms with van der Waals surface area (Å²) in [5.74, 6) is -0.259. The van der Waals surface area contributed by atoms with Gasteiger partial charge >= 0.3 is 6.03 Å². The standard InChI is InChI=1S/C19H21N5O2/c1-13-12-17(23-24(13)2)18(25)20-10-11-21-19(26)22-16-9-5-7-14-6-3-4-8-15(14)16/h3-9,12H,10-11H2,1-2H3,(H,20,25)(H2,21,22,26). The molecule has 0 fully saturated rings. The second-order valence-electron chi connectivity index (χ2n) is 5.96. The van der Waals surface area contributed by atoms with Crippen LogP contribution >= 0.6 is 0 Å². The molecule has 2 aromatic carbocycles. The number of rotatable bonds is 5. The van der Waals surface area contributed by atoms with E-state index in [2.05, 4.69) is 21.0 Å². The van der Waals surface area contributed by atoms with Crippen molar-refractivity contribution < 1.29 is 9.59 Å². The van der Waals surface area contributed by atoms with Gasteiger partial charge in [0.05, 0.1) is 5.69 Å². The summed E-state index contributed by atoms with van der Waals surface area (Å²) < 4.78 is 1.64. The van der Waals surface area contributed by atoms with Gasteiger partial charge in [0.1, 0.15) is 5.69 Å². The average molecular weight is 351 g/mol. The third-order valence-electron chi connectivity index (χ3n) is 4.08. The van der Waals surface area contributed by atoms with Crippen molar-refractivity contribution in [1.82, 2.24) is 20.4 Å². The fourth-order valence-corrected chi connectivity index (χ4v) is 2.62. The first-order chi connectivity index (χ1) is 12.5. The highest BCUT2D eigenvalue weighted by Crippen LogP contribution is 2.22. The van der Waals surface area contributed by atoms with Crippen molar-refractivity contribution in [2.24, 2.45) is 7.05 Å². The fraction of sp³-hybridized carbons (Fsp3) is 0.211. The van der Waals surface area contributed by atoms with Crippen molar-refractivity contribution in [2.45, 2.75) is 6.92 Å². The second kappa shape index (κ2) is 7.69. The molecule has 3 amide bonds. The van der Waals surface area contributed by atoms with E-state index < -0.39 is 0 Å². The molecule has 3 rings (SSSR count). The summed E-state index contributed by atoms with van der Waals surface area (Å²) >= 11 is 0. The van der Waals surface area contributed by atoms with Crippen LogP contribution in [-0.4, -0.2) is 34.8 Å². The van der Waals surface area contributed by atoms with Crippen LogP contribution < -0.4 is 16.0 Å². The van der Waals surface area contributed by atoms with E-state index in [1.165, 1.54) is 0 Å². The Morgan fingerprint density at radius 3 is 2.54 bits per heavy atom. The number of nitrogens with zero attached hydrogens (tertiary/aromatic N) is 2. The Labute approximate surface area is 151 Å². The van der Waals surface area contributed by atoms with Crippen molar-refractivity contribution in [1.29, 1.82) is 0 Å². The van der Waals surface area contributed by atoms with Crippen molar-refractivity contribution in [3.05, 3.63) is 59.9 Å². The van der Waals surface area contributed by atoms with E-state index in [1.54, 1.807) is 17.8 Å². The molecule has 1 heterocycles. The third-order valence-corrected chi connectivity index (χ3v) is 4.08. The summed E-state index contributed by atoms with van der Waals surface area (Å²) in [5.41, 5.74) is 2.02. The highest BCUT2D eigenvalue weighted by Gasteiger charge is 2.10. The van der Waals surface area contributed by atoms with Gasteiger partial charge in [-0.3, -0.25) is 9.48 Å². The molecule has 0 radical (unpaired) electrons. The first kappa shape index (κ1) is 17.5. The maximum atomic E-state index is 12.1. The van der Waals surface area contributed by atoms with Crippen LogP contribution in [-0.2, 0) is 7.05 Å². The Morgan fingerprint density at radius 1 is 1.04 bits per heavy atom. The molecule has 0 saturated carbocycles. The molecule has 0 saturated heterocycles. The lowest BCUT2D eigenvalue weighted by Gasteiger charge is -2.10. The Bertz CT molecular complexity index is 923. The number of hydrogen-bond acceptors (Lipinski definition) is 3. The number of aryl methyl sites for hydroxylation is 2. The van der Waals surface area contributed by atoms with Crippen LogP contribution in [0.4, 0.5) is 10.5 Å². The SMILES string of the molecule is Cc1cc(C(=O)NCCNC(=O)Nc2cccc3ccccc23)nn1C. The molecule has 0 bridgehead atoms. The van der Waals surface area contributed by atoms with E-state index in [-0.39, 0.29) is 11.9 Å². The maximum absolute atomic E-state index is 12.1. The number of urea groups is 1. The highest BCUT2D eigenvalue weighted by atomic mass is 16.2. The summed E-state index contributed by atoms with van der Waals surface area (Å²) in [7, 11) is 1.78. The van der Waals surface area contributed by atoms with Crippen molar-refractivity contribution in [2.75, 3.05) is 18.4 Å². The Kier molecular flexibility index (Phi) is 5.17. The zero-order valence-corrected chi connectivity index (χ0v) is 14.7. The highest BCUT2D eigenvalue weighted by molar-refractivity contribution is 6.01. The van der Waals surface area contributed by atoms with Crippen LogP contribution in [0.1, 0.15) is 16.2 Å². The number of benzene rings is 2. The smallest absolute Gasteiger partial charge is 0.319 e. The lowest BCUT2D eigenvalue weighted by Crippen LogP contribution is -2.37. The number of amides is 3. The molecule has 3 aromatic rings. The molecule has 0 spiro atoms. The minimum Gasteiger partial charge on any atom is -0.349 e. The monoisotopic (exact) mass is 351 g/mol. The lowest BCUT2D eigenvalue weighted by atomic mass is 10.1. The fourth-order valence-electron chi connectivity index (χ4n) is 2.62. The van der Waals surface area contributed by atoms with Crippen LogP contribution in [0.3, 0.4) is 0 Å². The molecule has 26 heavy (non-hydrogen) atoms. The van der Waals surface area contributed by atoms with Gasteiger partial charge in [0, 0.05) is 31.2 Å². The number of fused-ring (bicyclic) bond motifs is 1. The number of hydrogen-bond donors (Lipinski definition) is 3. The topological polar surface area (TPSA) is 88.1 Å². The van der Waals surface area contributed by atoms with Crippen molar-refractivity contribution in [3.8, 4) is 0 Å². The summed E-state index contributed by atoms with van der Waals surface area (Å²) in [4.78, 5) is 24.0. The second-order valence-corrected chi connectivity index (χ2v) is 5.96. The Hall–Kier alpha value is -3.35. The summed E-state index contributed by atoms with van der Waals surface area (Å²) in [6.07, 6.45) is 0. The predicted octanol–water partition coefficient (Wildman–Crippen LogP) is 2.43. The minimum absolute atomic E-state index is 0.259. The molecule has 0 atom stereocenters. The molecule has 7 nitrogen and oxygen atoms in total. The number of carbonyl (C=O) groups excluding carboxylic acids is 2. The minimum atomic E-state index is -0.315. The van der Waals surface area contributed by atoms with Crippen LogP contribution in [0.15, 0.2) is 48.5 Å². The van der Waals surface area contributed by atoms with Gasteiger partial charge in [0.2, 0.25) is 0 Å². The van der Waals surface area contributed by atoms with Crippen LogP contribution in [0.5, 0.6) is 0 Å². The first-order valence-corrected chi connectivity index (χ1v) is 8.36. The molecular weight excluding hydrogens is 330 g/mol. The van der Waals surface area contributed by atoms with Gasteiger partial charge in [-0.05, 0) is 24.4 Å². The zero-order chi connectivity index (χ0) is 18.5. The molecule has 0 unspecified atom stereocenters. The number of carbonyl (C=O) groups is 2. The summed E-state index contributed by atoms with van der Waals surface area (Å²) in [6.45, 7) is 2.51. The zero-order valence-electron chi connectivity index (χ0n) is 14.7. The molecule has 0 aliphatic carbocycles. The molecular formula is C19H21N5O2. The molecule has 0 aliphatic heterocycles. The Morgan fingerprint density at radius 2 is 1.77 bits per heavy atom. The molecule has 0 aliphatic rings. The average Bonchev–Trinajstić information content (AvgIpc) is 2.98.